The summed E-state index contributed by atoms with van der Waals surface area (Å²) in [5, 5.41) is 16.4. The van der Waals surface area contributed by atoms with Crippen molar-refractivity contribution in [3.63, 3.8) is 0 Å². The molecule has 32 heavy (non-hydrogen) atoms. The van der Waals surface area contributed by atoms with Crippen molar-refractivity contribution in [2.24, 2.45) is 0 Å². The molecule has 1 aliphatic rings. The Morgan fingerprint density at radius 3 is 2.94 bits per heavy atom. The van der Waals surface area contributed by atoms with Crippen LogP contribution < -0.4 is 20.1 Å². The third-order valence-corrected chi connectivity index (χ3v) is 6.32. The van der Waals surface area contributed by atoms with Gasteiger partial charge in [-0.25, -0.2) is 0 Å². The molecule has 0 atom stereocenters. The predicted octanol–water partition coefficient (Wildman–Crippen LogP) is 4.36. The van der Waals surface area contributed by atoms with Crippen LogP contribution in [0.4, 0.5) is 11.5 Å². The Kier molecular flexibility index (Phi) is 6.17. The van der Waals surface area contributed by atoms with Gasteiger partial charge < -0.3 is 24.6 Å². The first-order valence-electron chi connectivity index (χ1n) is 10.7. The van der Waals surface area contributed by atoms with Crippen LogP contribution in [0.5, 0.6) is 5.75 Å². The number of nitrogens with zero attached hydrogens (tertiary/aromatic N) is 3. The number of methoxy groups -OCH3 is 1. The van der Waals surface area contributed by atoms with Gasteiger partial charge in [0.2, 0.25) is 0 Å². The maximum atomic E-state index is 5.65. The molecule has 0 saturated carbocycles. The quantitative estimate of drug-likeness (QED) is 0.341. The largest absolute Gasteiger partial charge is 0.496 e. The van der Waals surface area contributed by atoms with E-state index in [2.05, 4.69) is 49.9 Å². The Morgan fingerprint density at radius 1 is 1.22 bits per heavy atom. The maximum Gasteiger partial charge on any atom is 0.191 e. The summed E-state index contributed by atoms with van der Waals surface area (Å²) < 4.78 is 16.4. The van der Waals surface area contributed by atoms with Crippen LogP contribution in [0.2, 0.25) is 0 Å². The van der Waals surface area contributed by atoms with Crippen LogP contribution in [0.3, 0.4) is 0 Å². The first kappa shape index (κ1) is 20.7. The number of fused-ring (bicyclic) bond motifs is 1. The molecule has 1 aliphatic heterocycles. The summed E-state index contributed by atoms with van der Waals surface area (Å²) >= 11 is 1.50. The fourth-order valence-corrected chi connectivity index (χ4v) is 4.64. The zero-order chi connectivity index (χ0) is 21.8. The summed E-state index contributed by atoms with van der Waals surface area (Å²) in [5.74, 6) is 1.36. The molecule has 3 N–H and O–H groups in total. The van der Waals surface area contributed by atoms with Gasteiger partial charge in [-0.2, -0.15) is 5.10 Å². The van der Waals surface area contributed by atoms with Crippen molar-refractivity contribution in [3.05, 3.63) is 60.4 Å². The second-order valence-corrected chi connectivity index (χ2v) is 8.69. The van der Waals surface area contributed by atoms with Crippen LogP contribution in [0.15, 0.2) is 64.3 Å². The molecule has 9 heteroatoms. The Balaban J connectivity index is 1.30. The first-order valence-corrected chi connectivity index (χ1v) is 11.5. The minimum absolute atomic E-state index is 0.518. The lowest BCUT2D eigenvalue weighted by Crippen LogP contribution is -2.35. The third kappa shape index (κ3) is 4.68. The highest BCUT2D eigenvalue weighted by molar-refractivity contribution is 8.00. The Morgan fingerprint density at radius 2 is 2.12 bits per heavy atom. The number of nitrogens with one attached hydrogen (secondary N) is 3. The Hall–Kier alpha value is -3.17. The van der Waals surface area contributed by atoms with E-state index in [1.807, 2.05) is 29.1 Å². The molecule has 0 unspecified atom stereocenters. The summed E-state index contributed by atoms with van der Waals surface area (Å²) in [6.07, 6.45) is 5.97. The lowest BCUT2D eigenvalue weighted by molar-refractivity contribution is 0.418. The standard InChI is InChI=1S/C23H26N6O2S/c1-30-20-12-16(15-29-11-3-8-25-29)13-21-22(20)23(27-31-21)28-32-19-5-2-4-18(14-19)26-17-6-9-24-10-7-17/h2-5,8,11-14,17,24,26H,6-7,9-10,15H2,1H3,(H,27,28). The van der Waals surface area contributed by atoms with E-state index in [0.29, 0.717) is 24.0 Å². The first-order chi connectivity index (χ1) is 15.8. The predicted molar refractivity (Wildman–Crippen MR) is 127 cm³/mol. The highest BCUT2D eigenvalue weighted by atomic mass is 32.2. The number of rotatable bonds is 8. The van der Waals surface area contributed by atoms with Crippen LogP contribution in [-0.2, 0) is 6.54 Å². The van der Waals surface area contributed by atoms with E-state index >= 15 is 0 Å². The minimum Gasteiger partial charge on any atom is -0.496 e. The molecule has 3 heterocycles. The van der Waals surface area contributed by atoms with Gasteiger partial charge >= 0.3 is 0 Å². The molecule has 0 bridgehead atoms. The maximum absolute atomic E-state index is 5.65. The van der Waals surface area contributed by atoms with Crippen molar-refractivity contribution in [2.45, 2.75) is 30.3 Å². The van der Waals surface area contributed by atoms with Crippen LogP contribution in [0, 0.1) is 0 Å². The molecule has 8 nitrogen and oxygen atoms in total. The van der Waals surface area contributed by atoms with E-state index in [-0.39, 0.29) is 0 Å². The highest BCUT2D eigenvalue weighted by Gasteiger charge is 2.16. The molecule has 2 aromatic heterocycles. The number of aromatic nitrogens is 3. The van der Waals surface area contributed by atoms with E-state index in [1.54, 1.807) is 13.3 Å². The van der Waals surface area contributed by atoms with Crippen molar-refractivity contribution in [3.8, 4) is 5.75 Å². The molecule has 1 fully saturated rings. The fourth-order valence-electron chi connectivity index (χ4n) is 3.95. The van der Waals surface area contributed by atoms with Gasteiger partial charge in [-0.1, -0.05) is 11.2 Å². The van der Waals surface area contributed by atoms with Crippen LogP contribution in [-0.4, -0.2) is 41.2 Å². The van der Waals surface area contributed by atoms with E-state index in [0.717, 1.165) is 53.2 Å². The monoisotopic (exact) mass is 450 g/mol. The van der Waals surface area contributed by atoms with Gasteiger partial charge in [0.25, 0.3) is 0 Å². The molecular formula is C23H26N6O2S. The van der Waals surface area contributed by atoms with Crippen molar-refractivity contribution < 1.29 is 9.26 Å². The Labute approximate surface area is 190 Å². The van der Waals surface area contributed by atoms with E-state index in [1.165, 1.54) is 11.9 Å². The molecule has 4 aromatic rings. The fraction of sp³-hybridized carbons (Fsp3) is 0.304. The van der Waals surface area contributed by atoms with E-state index in [9.17, 15) is 0 Å². The lowest BCUT2D eigenvalue weighted by atomic mass is 10.1. The van der Waals surface area contributed by atoms with Crippen LogP contribution in [0.1, 0.15) is 18.4 Å². The summed E-state index contributed by atoms with van der Waals surface area (Å²) in [4.78, 5) is 1.09. The smallest absolute Gasteiger partial charge is 0.191 e. The lowest BCUT2D eigenvalue weighted by Gasteiger charge is -2.24. The van der Waals surface area contributed by atoms with E-state index in [4.69, 9.17) is 9.26 Å². The van der Waals surface area contributed by atoms with Gasteiger partial charge in [0, 0.05) is 29.0 Å². The van der Waals surface area contributed by atoms with Gasteiger partial charge in [0.05, 0.1) is 13.7 Å². The number of ether oxygens (including phenoxy) is 1. The van der Waals surface area contributed by atoms with Crippen molar-refractivity contribution in [2.75, 3.05) is 30.2 Å². The average molecular weight is 451 g/mol. The Bertz CT molecular complexity index is 1170. The molecular weight excluding hydrogens is 424 g/mol. The zero-order valence-corrected chi connectivity index (χ0v) is 18.7. The molecule has 1 saturated heterocycles. The van der Waals surface area contributed by atoms with Gasteiger partial charge in [0.1, 0.15) is 11.1 Å². The number of piperidine rings is 1. The van der Waals surface area contributed by atoms with Crippen molar-refractivity contribution in [1.82, 2.24) is 20.3 Å². The second kappa shape index (κ2) is 9.54. The molecule has 5 rings (SSSR count). The van der Waals surface area contributed by atoms with Gasteiger partial charge in [-0.3, -0.25) is 4.68 Å². The van der Waals surface area contributed by atoms with Crippen molar-refractivity contribution >= 4 is 34.4 Å². The molecule has 0 spiro atoms. The third-order valence-electron chi connectivity index (χ3n) is 5.53. The summed E-state index contributed by atoms with van der Waals surface area (Å²) in [6, 6.07) is 14.8. The average Bonchev–Trinajstić information content (AvgIpc) is 3.48. The van der Waals surface area contributed by atoms with Gasteiger partial charge in [0.15, 0.2) is 11.4 Å². The second-order valence-electron chi connectivity index (χ2n) is 7.81. The van der Waals surface area contributed by atoms with E-state index < -0.39 is 0 Å². The van der Waals surface area contributed by atoms with Crippen LogP contribution >= 0.6 is 11.9 Å². The zero-order valence-electron chi connectivity index (χ0n) is 17.9. The summed E-state index contributed by atoms with van der Waals surface area (Å²) in [5.41, 5.74) is 2.84. The molecule has 0 aliphatic carbocycles. The normalized spacial score (nSPS) is 14.5. The molecule has 2 aromatic carbocycles. The topological polar surface area (TPSA) is 89.2 Å². The van der Waals surface area contributed by atoms with Gasteiger partial charge in [-0.15, -0.1) is 0 Å². The number of benzene rings is 2. The molecule has 166 valence electrons. The molecule has 0 radical (unpaired) electrons. The van der Waals surface area contributed by atoms with Gasteiger partial charge in [-0.05, 0) is 79.8 Å². The molecule has 0 amide bonds. The summed E-state index contributed by atoms with van der Waals surface area (Å²) in [7, 11) is 1.66. The SMILES string of the molecule is COc1cc(Cn2cccn2)cc2onc(NSc3cccc(NC4CCNCC4)c3)c12. The highest BCUT2D eigenvalue weighted by Crippen LogP contribution is 2.36. The number of anilines is 2. The minimum atomic E-state index is 0.518. The van der Waals surface area contributed by atoms with Crippen molar-refractivity contribution in [1.29, 1.82) is 0 Å². The number of hydrogen-bond donors (Lipinski definition) is 3. The number of hydrogen-bond acceptors (Lipinski definition) is 8. The van der Waals surface area contributed by atoms with Crippen LogP contribution in [0.25, 0.3) is 11.0 Å². The summed E-state index contributed by atoms with van der Waals surface area (Å²) in [6.45, 7) is 2.77.